The normalized spacial score (nSPS) is 21.6. The average Bonchev–Trinajstić information content (AvgIpc) is 3.54. The number of carbonyl (C=O) groups is 2. The maximum Gasteiger partial charge on any atom is 0.260 e. The van der Waals surface area contributed by atoms with Crippen molar-refractivity contribution in [3.8, 4) is 5.75 Å². The minimum absolute atomic E-state index is 0.00164. The number of hydrogen-bond acceptors (Lipinski definition) is 4. The quantitative estimate of drug-likeness (QED) is 0.812. The minimum Gasteiger partial charge on any atom is -0.482 e. The predicted octanol–water partition coefficient (Wildman–Crippen LogP) is 1.93. The van der Waals surface area contributed by atoms with Crippen molar-refractivity contribution < 1.29 is 14.3 Å². The molecule has 1 aromatic heterocycles. The monoisotopic (exact) mass is 365 g/mol. The van der Waals surface area contributed by atoms with Crippen LogP contribution in [0.2, 0.25) is 0 Å². The average molecular weight is 365 g/mol. The van der Waals surface area contributed by atoms with Crippen LogP contribution < -0.4 is 4.74 Å². The summed E-state index contributed by atoms with van der Waals surface area (Å²) in [6, 6.07) is 13.8. The van der Waals surface area contributed by atoms with Gasteiger partial charge in [-0.1, -0.05) is 30.3 Å². The molecule has 0 bridgehead atoms. The second-order valence-corrected chi connectivity index (χ2v) is 7.04. The number of nitrogens with zero attached hydrogens (tertiary/aromatic N) is 3. The number of ether oxygens (including phenoxy) is 1. The van der Waals surface area contributed by atoms with Crippen LogP contribution >= 0.6 is 0 Å². The van der Waals surface area contributed by atoms with E-state index in [0.717, 1.165) is 6.42 Å². The fourth-order valence-electron chi connectivity index (χ4n) is 3.62. The Morgan fingerprint density at radius 3 is 2.44 bits per heavy atom. The SMILES string of the molecule is O=C(COc1cccnc1)N1CCN(C(=O)C2CC2c2ccccc2)CC1. The van der Waals surface area contributed by atoms with Gasteiger partial charge in [-0.05, 0) is 30.0 Å². The second-order valence-electron chi connectivity index (χ2n) is 7.04. The molecule has 0 N–H and O–H groups in total. The van der Waals surface area contributed by atoms with Crippen LogP contribution in [0.5, 0.6) is 5.75 Å². The van der Waals surface area contributed by atoms with Crippen LogP contribution in [0.15, 0.2) is 54.9 Å². The first-order chi connectivity index (χ1) is 13.2. The predicted molar refractivity (Wildman–Crippen MR) is 100 cm³/mol. The maximum atomic E-state index is 12.7. The molecule has 0 spiro atoms. The smallest absolute Gasteiger partial charge is 0.260 e. The molecule has 2 heterocycles. The molecule has 1 saturated heterocycles. The highest BCUT2D eigenvalue weighted by atomic mass is 16.5. The topological polar surface area (TPSA) is 62.7 Å². The lowest BCUT2D eigenvalue weighted by Crippen LogP contribution is -2.52. The molecule has 6 heteroatoms. The van der Waals surface area contributed by atoms with E-state index >= 15 is 0 Å². The number of benzene rings is 1. The highest BCUT2D eigenvalue weighted by Crippen LogP contribution is 2.48. The first kappa shape index (κ1) is 17.5. The van der Waals surface area contributed by atoms with Gasteiger partial charge in [0.2, 0.25) is 5.91 Å². The standard InChI is InChI=1S/C21H23N3O3/c25-20(15-27-17-7-4-8-22-14-17)23-9-11-24(12-10-23)21(26)19-13-18(19)16-5-2-1-3-6-16/h1-8,14,18-19H,9-13,15H2. The zero-order chi connectivity index (χ0) is 18.6. The molecule has 1 saturated carbocycles. The molecule has 2 unspecified atom stereocenters. The first-order valence-electron chi connectivity index (χ1n) is 9.37. The Kier molecular flexibility index (Phi) is 5.05. The molecule has 2 atom stereocenters. The number of carbonyl (C=O) groups excluding carboxylic acids is 2. The molecule has 1 aromatic carbocycles. The zero-order valence-electron chi connectivity index (χ0n) is 15.2. The van der Waals surface area contributed by atoms with E-state index in [9.17, 15) is 9.59 Å². The van der Waals surface area contributed by atoms with E-state index < -0.39 is 0 Å². The summed E-state index contributed by atoms with van der Waals surface area (Å²) in [6.07, 6.45) is 4.18. The molecule has 2 aliphatic rings. The molecule has 0 radical (unpaired) electrons. The lowest BCUT2D eigenvalue weighted by Gasteiger charge is -2.35. The summed E-state index contributed by atoms with van der Waals surface area (Å²) >= 11 is 0. The van der Waals surface area contributed by atoms with Crippen molar-refractivity contribution >= 4 is 11.8 Å². The second kappa shape index (κ2) is 7.78. The fraction of sp³-hybridized carbons (Fsp3) is 0.381. The first-order valence-corrected chi connectivity index (χ1v) is 9.37. The summed E-state index contributed by atoms with van der Waals surface area (Å²) in [5.74, 6) is 1.21. The summed E-state index contributed by atoms with van der Waals surface area (Å²) in [5.41, 5.74) is 1.25. The van der Waals surface area contributed by atoms with Gasteiger partial charge in [0.25, 0.3) is 5.91 Å². The van der Waals surface area contributed by atoms with Crippen LogP contribution in [0.4, 0.5) is 0 Å². The van der Waals surface area contributed by atoms with Crippen molar-refractivity contribution in [1.29, 1.82) is 0 Å². The molecule has 2 fully saturated rings. The fourth-order valence-corrected chi connectivity index (χ4v) is 3.62. The maximum absolute atomic E-state index is 12.7. The highest BCUT2D eigenvalue weighted by Gasteiger charge is 2.46. The Labute approximate surface area is 158 Å². The summed E-state index contributed by atoms with van der Waals surface area (Å²) in [5, 5.41) is 0. The molecule has 140 valence electrons. The van der Waals surface area contributed by atoms with E-state index in [-0.39, 0.29) is 24.3 Å². The highest BCUT2D eigenvalue weighted by molar-refractivity contribution is 5.83. The summed E-state index contributed by atoms with van der Waals surface area (Å²) < 4.78 is 5.47. The van der Waals surface area contributed by atoms with Crippen LogP contribution in [0.1, 0.15) is 17.9 Å². The van der Waals surface area contributed by atoms with Crippen LogP contribution in [-0.2, 0) is 9.59 Å². The lowest BCUT2D eigenvalue weighted by atomic mass is 10.1. The molecular formula is C21H23N3O3. The zero-order valence-corrected chi connectivity index (χ0v) is 15.2. The molecule has 2 amide bonds. The Hall–Kier alpha value is -2.89. The van der Waals surface area contributed by atoms with Gasteiger partial charge in [0, 0.05) is 38.3 Å². The van der Waals surface area contributed by atoms with Crippen molar-refractivity contribution in [2.45, 2.75) is 12.3 Å². The Morgan fingerprint density at radius 1 is 1.00 bits per heavy atom. The molecule has 1 aliphatic heterocycles. The van der Waals surface area contributed by atoms with Crippen molar-refractivity contribution in [3.63, 3.8) is 0 Å². The van der Waals surface area contributed by atoms with Gasteiger partial charge in [-0.3, -0.25) is 14.6 Å². The summed E-state index contributed by atoms with van der Waals surface area (Å²) in [7, 11) is 0. The Bertz CT molecular complexity index is 789. The van der Waals surface area contributed by atoms with Gasteiger partial charge >= 0.3 is 0 Å². The Morgan fingerprint density at radius 2 is 1.74 bits per heavy atom. The molecule has 6 nitrogen and oxygen atoms in total. The summed E-state index contributed by atoms with van der Waals surface area (Å²) in [6.45, 7) is 2.30. The minimum atomic E-state index is -0.0560. The number of pyridine rings is 1. The van der Waals surface area contributed by atoms with E-state index in [1.54, 1.807) is 29.4 Å². The van der Waals surface area contributed by atoms with Gasteiger partial charge in [0.05, 0.1) is 6.20 Å². The molecule has 27 heavy (non-hydrogen) atoms. The number of hydrogen-bond donors (Lipinski definition) is 0. The van der Waals surface area contributed by atoms with Crippen molar-refractivity contribution in [1.82, 2.24) is 14.8 Å². The van der Waals surface area contributed by atoms with Crippen LogP contribution in [0, 0.1) is 5.92 Å². The lowest BCUT2D eigenvalue weighted by molar-refractivity contribution is -0.141. The third kappa shape index (κ3) is 4.10. The van der Waals surface area contributed by atoms with E-state index in [1.807, 2.05) is 23.1 Å². The van der Waals surface area contributed by atoms with Crippen molar-refractivity contribution in [2.75, 3.05) is 32.8 Å². The number of aromatic nitrogens is 1. The van der Waals surface area contributed by atoms with Gasteiger partial charge in [-0.2, -0.15) is 0 Å². The van der Waals surface area contributed by atoms with Gasteiger partial charge in [0.1, 0.15) is 5.75 Å². The van der Waals surface area contributed by atoms with Crippen LogP contribution in [-0.4, -0.2) is 59.4 Å². The van der Waals surface area contributed by atoms with Crippen LogP contribution in [0.25, 0.3) is 0 Å². The van der Waals surface area contributed by atoms with E-state index in [4.69, 9.17) is 4.74 Å². The van der Waals surface area contributed by atoms with Gasteiger partial charge < -0.3 is 14.5 Å². The number of rotatable bonds is 5. The largest absolute Gasteiger partial charge is 0.482 e. The molecular weight excluding hydrogens is 342 g/mol. The van der Waals surface area contributed by atoms with E-state index in [1.165, 1.54) is 5.56 Å². The number of amides is 2. The van der Waals surface area contributed by atoms with E-state index in [0.29, 0.717) is 37.8 Å². The third-order valence-electron chi connectivity index (χ3n) is 5.28. The van der Waals surface area contributed by atoms with E-state index in [2.05, 4.69) is 17.1 Å². The van der Waals surface area contributed by atoms with Crippen molar-refractivity contribution in [3.05, 3.63) is 60.4 Å². The van der Waals surface area contributed by atoms with Gasteiger partial charge in [0.15, 0.2) is 6.61 Å². The van der Waals surface area contributed by atoms with Gasteiger partial charge in [-0.15, -0.1) is 0 Å². The molecule has 1 aliphatic carbocycles. The third-order valence-corrected chi connectivity index (χ3v) is 5.28. The number of piperazine rings is 1. The van der Waals surface area contributed by atoms with Gasteiger partial charge in [-0.25, -0.2) is 0 Å². The Balaban J connectivity index is 1.23. The molecule has 4 rings (SSSR count). The van der Waals surface area contributed by atoms with Crippen molar-refractivity contribution in [2.24, 2.45) is 5.92 Å². The van der Waals surface area contributed by atoms with Crippen LogP contribution in [0.3, 0.4) is 0 Å². The summed E-state index contributed by atoms with van der Waals surface area (Å²) in [4.78, 5) is 32.7. The molecule has 2 aromatic rings.